The molecule has 1 N–H and O–H groups in total. The second-order valence-corrected chi connectivity index (χ2v) is 5.67. The second-order valence-electron chi connectivity index (χ2n) is 5.26. The van der Waals surface area contributed by atoms with Gasteiger partial charge in [0, 0.05) is 18.2 Å². The maximum atomic E-state index is 11.6. The number of rotatable bonds is 2. The van der Waals surface area contributed by atoms with Crippen LogP contribution in [0.25, 0.3) is 0 Å². The Morgan fingerprint density at radius 3 is 2.59 bits per heavy atom. The van der Waals surface area contributed by atoms with E-state index in [2.05, 4.69) is 19.2 Å². The van der Waals surface area contributed by atoms with Crippen molar-refractivity contribution in [3.63, 3.8) is 0 Å². The summed E-state index contributed by atoms with van der Waals surface area (Å²) in [6.07, 6.45) is 3.17. The van der Waals surface area contributed by atoms with Gasteiger partial charge in [-0.1, -0.05) is 37.6 Å². The number of allylic oxidation sites excluding steroid dienone is 2. The molecule has 0 bridgehead atoms. The lowest BCUT2D eigenvalue weighted by Gasteiger charge is -2.29. The Kier molecular flexibility index (Phi) is 3.25. The highest BCUT2D eigenvalue weighted by Crippen LogP contribution is 2.34. The number of carbonyl (C=O) groups is 1. The first-order chi connectivity index (χ1) is 7.96. The Balaban J connectivity index is 2.20. The molecule has 3 heteroatoms. The summed E-state index contributed by atoms with van der Waals surface area (Å²) in [5.74, 6) is 0.177. The third-order valence-corrected chi connectivity index (χ3v) is 3.16. The first-order valence-electron chi connectivity index (χ1n) is 5.71. The van der Waals surface area contributed by atoms with Crippen molar-refractivity contribution in [1.82, 2.24) is 0 Å². The number of ketones is 1. The molecule has 0 spiro atoms. The summed E-state index contributed by atoms with van der Waals surface area (Å²) in [7, 11) is 0. The standard InChI is InChI=1S/C14H16ClNO/c1-14(2)8-10(7-11(17)9-14)16-13-6-4-3-5-12(13)15/h3-7,16H,8-9H2,1-2H3. The highest BCUT2D eigenvalue weighted by atomic mass is 35.5. The normalized spacial score (nSPS) is 18.8. The van der Waals surface area contributed by atoms with Crippen LogP contribution >= 0.6 is 11.6 Å². The molecule has 1 aliphatic rings. The van der Waals surface area contributed by atoms with Crippen LogP contribution < -0.4 is 5.32 Å². The van der Waals surface area contributed by atoms with Crippen molar-refractivity contribution < 1.29 is 4.79 Å². The first-order valence-corrected chi connectivity index (χ1v) is 6.09. The van der Waals surface area contributed by atoms with Gasteiger partial charge >= 0.3 is 0 Å². The van der Waals surface area contributed by atoms with Crippen LogP contribution in [0.1, 0.15) is 26.7 Å². The van der Waals surface area contributed by atoms with Gasteiger partial charge in [0.25, 0.3) is 0 Å². The summed E-state index contributed by atoms with van der Waals surface area (Å²) < 4.78 is 0. The third kappa shape index (κ3) is 3.10. The molecule has 0 heterocycles. The molecule has 0 aromatic heterocycles. The van der Waals surface area contributed by atoms with Crippen molar-refractivity contribution in [2.75, 3.05) is 5.32 Å². The lowest BCUT2D eigenvalue weighted by Crippen LogP contribution is -2.24. The van der Waals surface area contributed by atoms with Crippen LogP contribution in [0, 0.1) is 5.41 Å². The summed E-state index contributed by atoms with van der Waals surface area (Å²) in [5.41, 5.74) is 1.82. The average Bonchev–Trinajstić information content (AvgIpc) is 2.18. The third-order valence-electron chi connectivity index (χ3n) is 2.83. The maximum absolute atomic E-state index is 11.6. The molecular weight excluding hydrogens is 234 g/mol. The van der Waals surface area contributed by atoms with Crippen LogP contribution in [0.4, 0.5) is 5.69 Å². The minimum atomic E-state index is 0.0232. The predicted octanol–water partition coefficient (Wildman–Crippen LogP) is 4.02. The summed E-state index contributed by atoms with van der Waals surface area (Å²) in [5, 5.41) is 3.91. The highest BCUT2D eigenvalue weighted by Gasteiger charge is 2.27. The van der Waals surface area contributed by atoms with Gasteiger partial charge in [-0.15, -0.1) is 0 Å². The Hall–Kier alpha value is -1.28. The van der Waals surface area contributed by atoms with Crippen LogP contribution in [-0.4, -0.2) is 5.78 Å². The van der Waals surface area contributed by atoms with Crippen molar-refractivity contribution in [3.05, 3.63) is 41.1 Å². The van der Waals surface area contributed by atoms with Crippen molar-refractivity contribution in [1.29, 1.82) is 0 Å². The average molecular weight is 250 g/mol. The molecule has 1 aliphatic carbocycles. The Morgan fingerprint density at radius 1 is 1.24 bits per heavy atom. The number of hydrogen-bond acceptors (Lipinski definition) is 2. The Morgan fingerprint density at radius 2 is 1.94 bits per heavy atom. The van der Waals surface area contributed by atoms with Gasteiger partial charge in [0.05, 0.1) is 10.7 Å². The molecule has 0 radical (unpaired) electrons. The van der Waals surface area contributed by atoms with Crippen LogP contribution in [0.2, 0.25) is 5.02 Å². The van der Waals surface area contributed by atoms with Crippen LogP contribution in [0.15, 0.2) is 36.0 Å². The zero-order valence-electron chi connectivity index (χ0n) is 10.1. The zero-order chi connectivity index (χ0) is 12.5. The van der Waals surface area contributed by atoms with Gasteiger partial charge in [0.1, 0.15) is 0 Å². The van der Waals surface area contributed by atoms with Gasteiger partial charge in [0.2, 0.25) is 0 Å². The van der Waals surface area contributed by atoms with E-state index in [1.54, 1.807) is 6.08 Å². The molecule has 2 nitrogen and oxygen atoms in total. The molecule has 0 amide bonds. The fourth-order valence-corrected chi connectivity index (χ4v) is 2.34. The van der Waals surface area contributed by atoms with E-state index in [0.29, 0.717) is 11.4 Å². The van der Waals surface area contributed by atoms with E-state index in [-0.39, 0.29) is 11.2 Å². The molecule has 0 unspecified atom stereocenters. The van der Waals surface area contributed by atoms with E-state index >= 15 is 0 Å². The van der Waals surface area contributed by atoms with Gasteiger partial charge in [-0.2, -0.15) is 0 Å². The number of carbonyl (C=O) groups excluding carboxylic acids is 1. The minimum absolute atomic E-state index is 0.0232. The smallest absolute Gasteiger partial charge is 0.157 e. The predicted molar refractivity (Wildman–Crippen MR) is 71.2 cm³/mol. The van der Waals surface area contributed by atoms with E-state index < -0.39 is 0 Å². The first kappa shape index (κ1) is 12.2. The highest BCUT2D eigenvalue weighted by molar-refractivity contribution is 6.33. The molecule has 0 saturated heterocycles. The number of hydrogen-bond donors (Lipinski definition) is 1. The zero-order valence-corrected chi connectivity index (χ0v) is 10.8. The lowest BCUT2D eigenvalue weighted by atomic mass is 9.79. The quantitative estimate of drug-likeness (QED) is 0.858. The molecule has 17 heavy (non-hydrogen) atoms. The van der Waals surface area contributed by atoms with E-state index in [1.807, 2.05) is 24.3 Å². The molecule has 90 valence electrons. The lowest BCUT2D eigenvalue weighted by molar-refractivity contribution is -0.117. The molecule has 1 aromatic rings. The summed E-state index contributed by atoms with van der Waals surface area (Å²) in [6, 6.07) is 7.55. The number of nitrogens with one attached hydrogen (secondary N) is 1. The monoisotopic (exact) mass is 249 g/mol. The van der Waals surface area contributed by atoms with Gasteiger partial charge in [0.15, 0.2) is 5.78 Å². The van der Waals surface area contributed by atoms with E-state index in [1.165, 1.54) is 0 Å². The van der Waals surface area contributed by atoms with Crippen LogP contribution in [0.3, 0.4) is 0 Å². The molecule has 0 saturated carbocycles. The summed E-state index contributed by atoms with van der Waals surface area (Å²) >= 11 is 6.08. The minimum Gasteiger partial charge on any atom is -0.358 e. The molecule has 0 aliphatic heterocycles. The molecule has 0 atom stereocenters. The van der Waals surface area contributed by atoms with Crippen molar-refractivity contribution in [2.24, 2.45) is 5.41 Å². The number of para-hydroxylation sites is 1. The molecular formula is C14H16ClNO. The van der Waals surface area contributed by atoms with Gasteiger partial charge in [-0.3, -0.25) is 4.79 Å². The fourth-order valence-electron chi connectivity index (χ4n) is 2.16. The van der Waals surface area contributed by atoms with Crippen molar-refractivity contribution in [3.8, 4) is 0 Å². The number of benzene rings is 1. The molecule has 2 rings (SSSR count). The van der Waals surface area contributed by atoms with Crippen LogP contribution in [-0.2, 0) is 4.79 Å². The number of halogens is 1. The summed E-state index contributed by atoms with van der Waals surface area (Å²) in [6.45, 7) is 4.21. The van der Waals surface area contributed by atoms with Crippen molar-refractivity contribution >= 4 is 23.1 Å². The molecule has 1 aromatic carbocycles. The SMILES string of the molecule is CC1(C)CC(=O)C=C(Nc2ccccc2Cl)C1. The van der Waals surface area contributed by atoms with E-state index in [9.17, 15) is 4.79 Å². The number of anilines is 1. The Labute approximate surface area is 107 Å². The van der Waals surface area contributed by atoms with Crippen LogP contribution in [0.5, 0.6) is 0 Å². The molecule has 0 fully saturated rings. The fraction of sp³-hybridized carbons (Fsp3) is 0.357. The van der Waals surface area contributed by atoms with Gasteiger partial charge in [-0.25, -0.2) is 0 Å². The maximum Gasteiger partial charge on any atom is 0.157 e. The van der Waals surface area contributed by atoms with Crippen molar-refractivity contribution in [2.45, 2.75) is 26.7 Å². The van der Waals surface area contributed by atoms with Gasteiger partial charge in [-0.05, 0) is 24.0 Å². The second kappa shape index (κ2) is 4.53. The topological polar surface area (TPSA) is 29.1 Å². The van der Waals surface area contributed by atoms with E-state index in [4.69, 9.17) is 11.6 Å². The van der Waals surface area contributed by atoms with E-state index in [0.717, 1.165) is 17.8 Å². The largest absolute Gasteiger partial charge is 0.358 e. The van der Waals surface area contributed by atoms with Gasteiger partial charge < -0.3 is 5.32 Å². The summed E-state index contributed by atoms with van der Waals surface area (Å²) in [4.78, 5) is 11.6. The Bertz CT molecular complexity index is 477.